The smallest absolute Gasteiger partial charge is 0.253 e. The minimum atomic E-state index is -0.237. The van der Waals surface area contributed by atoms with Crippen molar-refractivity contribution < 1.29 is 14.3 Å². The maximum Gasteiger partial charge on any atom is 0.253 e. The summed E-state index contributed by atoms with van der Waals surface area (Å²) < 4.78 is 5.04. The largest absolute Gasteiger partial charge is 0.385 e. The Hall–Kier alpha value is -3.12. The number of anilines is 2. The van der Waals surface area contributed by atoms with E-state index in [1.165, 1.54) is 6.08 Å². The zero-order valence-electron chi connectivity index (χ0n) is 17.4. The molecule has 0 atom stereocenters. The highest BCUT2D eigenvalue weighted by Gasteiger charge is 2.20. The summed E-state index contributed by atoms with van der Waals surface area (Å²) in [4.78, 5) is 27.4. The Morgan fingerprint density at radius 2 is 1.87 bits per heavy atom. The first kappa shape index (κ1) is 21.6. The van der Waals surface area contributed by atoms with E-state index < -0.39 is 0 Å². The van der Waals surface area contributed by atoms with Gasteiger partial charge in [0.2, 0.25) is 5.91 Å². The molecule has 0 aliphatic carbocycles. The van der Waals surface area contributed by atoms with Gasteiger partial charge in [-0.15, -0.1) is 0 Å². The van der Waals surface area contributed by atoms with E-state index in [0.29, 0.717) is 24.4 Å². The number of hydrogen-bond acceptors (Lipinski definition) is 4. The molecule has 2 N–H and O–H groups in total. The minimum Gasteiger partial charge on any atom is -0.385 e. The molecule has 0 bridgehead atoms. The molecule has 0 saturated carbocycles. The van der Waals surface area contributed by atoms with E-state index in [4.69, 9.17) is 4.74 Å². The van der Waals surface area contributed by atoms with Crippen molar-refractivity contribution in [2.24, 2.45) is 0 Å². The standard InChI is InChI=1S/C24H29N3O3/c1-30-17-7-14-25-24(29)21-18-20(11-12-22(21)27-15-5-6-16-27)26-23(28)13-10-19-8-3-2-4-9-19/h2-4,8-13,18H,5-7,14-17H2,1H3,(H,25,29)(H,26,28)/b13-10+. The number of carbonyl (C=O) groups excluding carboxylic acids is 2. The lowest BCUT2D eigenvalue weighted by atomic mass is 10.1. The number of hydrogen-bond donors (Lipinski definition) is 2. The lowest BCUT2D eigenvalue weighted by Crippen LogP contribution is -2.28. The van der Waals surface area contributed by atoms with E-state index in [-0.39, 0.29) is 11.8 Å². The van der Waals surface area contributed by atoms with Crippen LogP contribution >= 0.6 is 0 Å². The second-order valence-electron chi connectivity index (χ2n) is 7.26. The van der Waals surface area contributed by atoms with Crippen molar-refractivity contribution in [2.45, 2.75) is 19.3 Å². The Morgan fingerprint density at radius 1 is 1.10 bits per heavy atom. The molecule has 3 rings (SSSR count). The van der Waals surface area contributed by atoms with E-state index >= 15 is 0 Å². The van der Waals surface area contributed by atoms with E-state index in [9.17, 15) is 9.59 Å². The molecule has 1 fully saturated rings. The highest BCUT2D eigenvalue weighted by molar-refractivity contribution is 6.05. The van der Waals surface area contributed by atoms with E-state index in [1.54, 1.807) is 19.3 Å². The first-order chi connectivity index (χ1) is 14.7. The summed E-state index contributed by atoms with van der Waals surface area (Å²) in [7, 11) is 1.64. The zero-order chi connectivity index (χ0) is 21.2. The molecular formula is C24H29N3O3. The Labute approximate surface area is 177 Å². The van der Waals surface area contributed by atoms with Gasteiger partial charge >= 0.3 is 0 Å². The predicted octanol–water partition coefficient (Wildman–Crippen LogP) is 3.71. The monoisotopic (exact) mass is 407 g/mol. The summed E-state index contributed by atoms with van der Waals surface area (Å²) in [5, 5.41) is 5.81. The van der Waals surface area contributed by atoms with Crippen LogP contribution in [0, 0.1) is 0 Å². The molecule has 0 radical (unpaired) electrons. The lowest BCUT2D eigenvalue weighted by Gasteiger charge is -2.22. The quantitative estimate of drug-likeness (QED) is 0.491. The van der Waals surface area contributed by atoms with E-state index in [1.807, 2.05) is 42.5 Å². The maximum absolute atomic E-state index is 12.8. The number of benzene rings is 2. The number of ether oxygens (including phenoxy) is 1. The zero-order valence-corrected chi connectivity index (χ0v) is 17.4. The van der Waals surface area contributed by atoms with Crippen LogP contribution < -0.4 is 15.5 Å². The fourth-order valence-electron chi connectivity index (χ4n) is 3.46. The lowest BCUT2D eigenvalue weighted by molar-refractivity contribution is -0.111. The van der Waals surface area contributed by atoms with Gasteiger partial charge in [0, 0.05) is 50.8 Å². The van der Waals surface area contributed by atoms with Crippen molar-refractivity contribution in [1.82, 2.24) is 5.32 Å². The van der Waals surface area contributed by atoms with Crippen molar-refractivity contribution in [3.63, 3.8) is 0 Å². The van der Waals surface area contributed by atoms with Crippen LogP contribution in [-0.2, 0) is 9.53 Å². The van der Waals surface area contributed by atoms with Crippen LogP contribution in [0.4, 0.5) is 11.4 Å². The maximum atomic E-state index is 12.8. The molecule has 1 aliphatic heterocycles. The fraction of sp³-hybridized carbons (Fsp3) is 0.333. The van der Waals surface area contributed by atoms with Crippen LogP contribution in [0.2, 0.25) is 0 Å². The van der Waals surface area contributed by atoms with Gasteiger partial charge in [-0.3, -0.25) is 9.59 Å². The Morgan fingerprint density at radius 3 is 2.60 bits per heavy atom. The summed E-state index contributed by atoms with van der Waals surface area (Å²) in [6.07, 6.45) is 6.25. The van der Waals surface area contributed by atoms with Gasteiger partial charge in [0.1, 0.15) is 0 Å². The first-order valence-electron chi connectivity index (χ1n) is 10.4. The van der Waals surface area contributed by atoms with Gasteiger partial charge < -0.3 is 20.3 Å². The fourth-order valence-corrected chi connectivity index (χ4v) is 3.46. The second kappa shape index (κ2) is 11.2. The molecule has 6 heteroatoms. The molecule has 30 heavy (non-hydrogen) atoms. The predicted molar refractivity (Wildman–Crippen MR) is 121 cm³/mol. The molecule has 6 nitrogen and oxygen atoms in total. The topological polar surface area (TPSA) is 70.7 Å². The third-order valence-corrected chi connectivity index (χ3v) is 4.99. The van der Waals surface area contributed by atoms with Gasteiger partial charge in [-0.25, -0.2) is 0 Å². The summed E-state index contributed by atoms with van der Waals surface area (Å²) in [6.45, 7) is 3.02. The molecule has 2 aromatic rings. The van der Waals surface area contributed by atoms with Crippen LogP contribution in [0.15, 0.2) is 54.6 Å². The van der Waals surface area contributed by atoms with Crippen LogP contribution in [0.25, 0.3) is 6.08 Å². The van der Waals surface area contributed by atoms with Gasteiger partial charge in [0.15, 0.2) is 0 Å². The van der Waals surface area contributed by atoms with Gasteiger partial charge in [-0.1, -0.05) is 30.3 Å². The highest BCUT2D eigenvalue weighted by Crippen LogP contribution is 2.27. The van der Waals surface area contributed by atoms with Gasteiger partial charge in [0.25, 0.3) is 5.91 Å². The van der Waals surface area contributed by atoms with Gasteiger partial charge in [-0.05, 0) is 49.1 Å². The second-order valence-corrected chi connectivity index (χ2v) is 7.26. The van der Waals surface area contributed by atoms with Gasteiger partial charge in [0.05, 0.1) is 5.56 Å². The number of nitrogens with one attached hydrogen (secondary N) is 2. The molecule has 0 spiro atoms. The number of rotatable bonds is 9. The number of methoxy groups -OCH3 is 1. The van der Waals surface area contributed by atoms with Crippen LogP contribution in [0.1, 0.15) is 35.2 Å². The first-order valence-corrected chi connectivity index (χ1v) is 10.4. The van der Waals surface area contributed by atoms with E-state index in [2.05, 4.69) is 15.5 Å². The van der Waals surface area contributed by atoms with Crippen molar-refractivity contribution in [3.8, 4) is 0 Å². The van der Waals surface area contributed by atoms with Crippen LogP contribution in [0.5, 0.6) is 0 Å². The van der Waals surface area contributed by atoms with Crippen molar-refractivity contribution in [3.05, 3.63) is 65.7 Å². The summed E-state index contributed by atoms with van der Waals surface area (Å²) in [5.74, 6) is -0.372. The average molecular weight is 408 g/mol. The summed E-state index contributed by atoms with van der Waals surface area (Å²) in [6, 6.07) is 15.2. The third kappa shape index (κ3) is 6.19. The molecule has 1 heterocycles. The molecule has 0 unspecified atom stereocenters. The van der Waals surface area contributed by atoms with Crippen molar-refractivity contribution >= 4 is 29.3 Å². The van der Waals surface area contributed by atoms with Crippen LogP contribution in [0.3, 0.4) is 0 Å². The molecule has 2 aromatic carbocycles. The van der Waals surface area contributed by atoms with Crippen molar-refractivity contribution in [1.29, 1.82) is 0 Å². The molecule has 1 saturated heterocycles. The molecule has 1 aliphatic rings. The van der Waals surface area contributed by atoms with Crippen molar-refractivity contribution in [2.75, 3.05) is 43.6 Å². The minimum absolute atomic E-state index is 0.135. The molecule has 0 aromatic heterocycles. The number of nitrogens with zero attached hydrogens (tertiary/aromatic N) is 1. The highest BCUT2D eigenvalue weighted by atomic mass is 16.5. The van der Waals surface area contributed by atoms with E-state index in [0.717, 1.165) is 43.6 Å². The normalized spacial score (nSPS) is 13.6. The molecular weight excluding hydrogens is 378 g/mol. The number of amides is 2. The average Bonchev–Trinajstić information content (AvgIpc) is 3.30. The Kier molecular flexibility index (Phi) is 8.03. The summed E-state index contributed by atoms with van der Waals surface area (Å²) in [5.41, 5.74) is 3.05. The Balaban J connectivity index is 1.72. The Bertz CT molecular complexity index is 875. The molecule has 158 valence electrons. The molecule has 2 amide bonds. The van der Waals surface area contributed by atoms with Crippen LogP contribution in [-0.4, -0.2) is 45.2 Å². The van der Waals surface area contributed by atoms with Gasteiger partial charge in [-0.2, -0.15) is 0 Å². The third-order valence-electron chi connectivity index (χ3n) is 4.99. The number of carbonyl (C=O) groups is 2. The SMILES string of the molecule is COCCCNC(=O)c1cc(NC(=O)/C=C/c2ccccc2)ccc1N1CCCC1. The summed E-state index contributed by atoms with van der Waals surface area (Å²) >= 11 is 0.